The fourth-order valence-corrected chi connectivity index (χ4v) is 1.78. The molecule has 0 heterocycles. The minimum Gasteiger partial charge on any atom is -0.486 e. The predicted octanol–water partition coefficient (Wildman–Crippen LogP) is 3.89. The van der Waals surface area contributed by atoms with Gasteiger partial charge in [-0.1, -0.05) is 22.0 Å². The van der Waals surface area contributed by atoms with Crippen LogP contribution in [0, 0.1) is 11.6 Å². The van der Waals surface area contributed by atoms with E-state index in [-0.39, 0.29) is 18.0 Å². The van der Waals surface area contributed by atoms with E-state index in [0.717, 1.165) is 0 Å². The molecule has 0 fully saturated rings. The number of ether oxygens (including phenoxy) is 1. The van der Waals surface area contributed by atoms with E-state index < -0.39 is 11.6 Å². The standard InChI is InChI=1S/C13H10BrF2NO/c14-9-2-4-11(16)13(5-9)18-7-8-1-3-10(15)6-12(8)17/h1-6H,7,17H2. The van der Waals surface area contributed by atoms with Crippen molar-refractivity contribution in [3.05, 3.63) is 58.1 Å². The third kappa shape index (κ3) is 2.98. The molecule has 2 rings (SSSR count). The minimum absolute atomic E-state index is 0.0828. The Labute approximate surface area is 112 Å². The van der Waals surface area contributed by atoms with E-state index in [1.165, 1.54) is 30.3 Å². The van der Waals surface area contributed by atoms with E-state index in [2.05, 4.69) is 15.9 Å². The molecule has 0 radical (unpaired) electrons. The molecule has 0 unspecified atom stereocenters. The molecule has 0 aliphatic rings. The van der Waals surface area contributed by atoms with E-state index in [1.807, 2.05) is 0 Å². The molecule has 18 heavy (non-hydrogen) atoms. The average molecular weight is 314 g/mol. The summed E-state index contributed by atoms with van der Waals surface area (Å²) in [6, 6.07) is 8.40. The molecule has 0 saturated carbocycles. The largest absolute Gasteiger partial charge is 0.486 e. The zero-order valence-electron chi connectivity index (χ0n) is 9.29. The lowest BCUT2D eigenvalue weighted by atomic mass is 10.2. The molecule has 0 bridgehead atoms. The highest BCUT2D eigenvalue weighted by Gasteiger charge is 2.06. The molecule has 94 valence electrons. The van der Waals surface area contributed by atoms with Gasteiger partial charge in [0.15, 0.2) is 11.6 Å². The molecular weight excluding hydrogens is 304 g/mol. The van der Waals surface area contributed by atoms with Crippen molar-refractivity contribution in [1.29, 1.82) is 0 Å². The number of anilines is 1. The Hall–Kier alpha value is -1.62. The highest BCUT2D eigenvalue weighted by molar-refractivity contribution is 9.10. The van der Waals surface area contributed by atoms with Gasteiger partial charge in [0.2, 0.25) is 0 Å². The van der Waals surface area contributed by atoms with Gasteiger partial charge in [0.25, 0.3) is 0 Å². The summed E-state index contributed by atoms with van der Waals surface area (Å²) in [5, 5.41) is 0. The second-order valence-electron chi connectivity index (χ2n) is 3.71. The molecule has 2 N–H and O–H groups in total. The maximum atomic E-state index is 13.4. The molecule has 0 spiro atoms. The number of benzene rings is 2. The third-order valence-corrected chi connectivity index (χ3v) is 2.88. The first-order valence-corrected chi connectivity index (χ1v) is 5.97. The molecule has 5 heteroatoms. The van der Waals surface area contributed by atoms with Crippen molar-refractivity contribution in [2.75, 3.05) is 5.73 Å². The van der Waals surface area contributed by atoms with Crippen LogP contribution in [0.5, 0.6) is 5.75 Å². The Bertz CT molecular complexity index is 575. The van der Waals surface area contributed by atoms with Crippen LogP contribution in [0.25, 0.3) is 0 Å². The van der Waals surface area contributed by atoms with E-state index in [0.29, 0.717) is 10.0 Å². The maximum absolute atomic E-state index is 13.4. The quantitative estimate of drug-likeness (QED) is 0.873. The van der Waals surface area contributed by atoms with Crippen LogP contribution < -0.4 is 10.5 Å². The predicted molar refractivity (Wildman–Crippen MR) is 69.2 cm³/mol. The first-order valence-electron chi connectivity index (χ1n) is 5.18. The Morgan fingerprint density at radius 2 is 1.89 bits per heavy atom. The summed E-state index contributed by atoms with van der Waals surface area (Å²) in [6.07, 6.45) is 0. The topological polar surface area (TPSA) is 35.2 Å². The van der Waals surface area contributed by atoms with Crippen LogP contribution in [0.1, 0.15) is 5.56 Å². The second kappa shape index (κ2) is 5.35. The molecule has 2 nitrogen and oxygen atoms in total. The zero-order valence-corrected chi connectivity index (χ0v) is 10.9. The van der Waals surface area contributed by atoms with Crippen LogP contribution in [0.15, 0.2) is 40.9 Å². The van der Waals surface area contributed by atoms with Gasteiger partial charge in [0.05, 0.1) is 0 Å². The monoisotopic (exact) mass is 313 g/mol. The van der Waals surface area contributed by atoms with E-state index in [4.69, 9.17) is 10.5 Å². The molecule has 2 aromatic rings. The van der Waals surface area contributed by atoms with Gasteiger partial charge in [0.1, 0.15) is 12.4 Å². The lowest BCUT2D eigenvalue weighted by molar-refractivity contribution is 0.290. The number of nitrogens with two attached hydrogens (primary N) is 1. The first-order chi connectivity index (χ1) is 8.56. The molecule has 2 aromatic carbocycles. The molecule has 0 aliphatic heterocycles. The van der Waals surface area contributed by atoms with Gasteiger partial charge in [-0.05, 0) is 30.3 Å². The molecule has 0 aromatic heterocycles. The van der Waals surface area contributed by atoms with Crippen molar-refractivity contribution in [2.45, 2.75) is 6.61 Å². The smallest absolute Gasteiger partial charge is 0.165 e. The normalized spacial score (nSPS) is 10.4. The van der Waals surface area contributed by atoms with Crippen LogP contribution in [0.4, 0.5) is 14.5 Å². The van der Waals surface area contributed by atoms with Gasteiger partial charge in [-0.2, -0.15) is 0 Å². The second-order valence-corrected chi connectivity index (χ2v) is 4.62. The van der Waals surface area contributed by atoms with Crippen molar-refractivity contribution < 1.29 is 13.5 Å². The molecule has 0 atom stereocenters. The van der Waals surface area contributed by atoms with Gasteiger partial charge in [0, 0.05) is 15.7 Å². The molecule has 0 aliphatic carbocycles. The summed E-state index contributed by atoms with van der Waals surface area (Å²) in [5.74, 6) is -0.753. The Morgan fingerprint density at radius 1 is 1.11 bits per heavy atom. The Morgan fingerprint density at radius 3 is 2.61 bits per heavy atom. The number of hydrogen-bond donors (Lipinski definition) is 1. The highest BCUT2D eigenvalue weighted by Crippen LogP contribution is 2.24. The highest BCUT2D eigenvalue weighted by atomic mass is 79.9. The Balaban J connectivity index is 2.13. The van der Waals surface area contributed by atoms with E-state index >= 15 is 0 Å². The van der Waals surface area contributed by atoms with Crippen molar-refractivity contribution in [1.82, 2.24) is 0 Å². The molecular formula is C13H10BrF2NO. The Kier molecular flexibility index (Phi) is 3.81. The maximum Gasteiger partial charge on any atom is 0.165 e. The fourth-order valence-electron chi connectivity index (χ4n) is 1.44. The van der Waals surface area contributed by atoms with Gasteiger partial charge in [-0.25, -0.2) is 8.78 Å². The summed E-state index contributed by atoms with van der Waals surface area (Å²) >= 11 is 3.23. The van der Waals surface area contributed by atoms with Crippen LogP contribution in [0.2, 0.25) is 0 Å². The lowest BCUT2D eigenvalue weighted by Gasteiger charge is -2.09. The van der Waals surface area contributed by atoms with E-state index in [9.17, 15) is 8.78 Å². The first kappa shape index (κ1) is 12.8. The lowest BCUT2D eigenvalue weighted by Crippen LogP contribution is -2.01. The summed E-state index contributed by atoms with van der Waals surface area (Å²) < 4.78 is 32.3. The van der Waals surface area contributed by atoms with Crippen LogP contribution >= 0.6 is 15.9 Å². The van der Waals surface area contributed by atoms with Crippen molar-refractivity contribution in [3.63, 3.8) is 0 Å². The third-order valence-electron chi connectivity index (χ3n) is 2.38. The van der Waals surface area contributed by atoms with Crippen molar-refractivity contribution in [3.8, 4) is 5.75 Å². The summed E-state index contributed by atoms with van der Waals surface area (Å²) in [4.78, 5) is 0. The zero-order chi connectivity index (χ0) is 13.1. The molecule has 0 saturated heterocycles. The van der Waals surface area contributed by atoms with Gasteiger partial charge in [-0.15, -0.1) is 0 Å². The van der Waals surface area contributed by atoms with Gasteiger partial charge in [-0.3, -0.25) is 0 Å². The number of hydrogen-bond acceptors (Lipinski definition) is 2. The number of nitrogen functional groups attached to an aromatic ring is 1. The average Bonchev–Trinajstić information content (AvgIpc) is 2.32. The summed E-state index contributed by atoms with van der Waals surface area (Å²) in [5.41, 5.74) is 6.52. The van der Waals surface area contributed by atoms with Crippen LogP contribution in [0.3, 0.4) is 0 Å². The van der Waals surface area contributed by atoms with Gasteiger partial charge < -0.3 is 10.5 Å². The van der Waals surface area contributed by atoms with Gasteiger partial charge >= 0.3 is 0 Å². The SMILES string of the molecule is Nc1cc(F)ccc1COc1cc(Br)ccc1F. The van der Waals surface area contributed by atoms with Crippen LogP contribution in [-0.4, -0.2) is 0 Å². The number of rotatable bonds is 3. The molecule has 0 amide bonds. The summed E-state index contributed by atoms with van der Waals surface area (Å²) in [6.45, 7) is 0.0828. The number of halogens is 3. The van der Waals surface area contributed by atoms with Crippen molar-refractivity contribution in [2.24, 2.45) is 0 Å². The van der Waals surface area contributed by atoms with Crippen molar-refractivity contribution >= 4 is 21.6 Å². The van der Waals surface area contributed by atoms with E-state index in [1.54, 1.807) is 6.07 Å². The minimum atomic E-state index is -0.459. The summed E-state index contributed by atoms with van der Waals surface area (Å²) in [7, 11) is 0. The van der Waals surface area contributed by atoms with Crippen LogP contribution in [-0.2, 0) is 6.61 Å². The fraction of sp³-hybridized carbons (Fsp3) is 0.0769.